The first-order valence-corrected chi connectivity index (χ1v) is 5.50. The molecule has 0 saturated carbocycles. The Morgan fingerprint density at radius 2 is 1.84 bits per heavy atom. The summed E-state index contributed by atoms with van der Waals surface area (Å²) in [5.41, 5.74) is -0.0803. The number of rotatable bonds is 2. The van der Waals surface area contributed by atoms with E-state index in [1.54, 1.807) is 0 Å². The van der Waals surface area contributed by atoms with Gasteiger partial charge in [0.25, 0.3) is 5.91 Å². The van der Waals surface area contributed by atoms with Gasteiger partial charge in [0.05, 0.1) is 11.3 Å². The molecule has 0 unspecified atom stereocenters. The first kappa shape index (κ1) is 13.1. The summed E-state index contributed by atoms with van der Waals surface area (Å²) in [5.74, 6) is -3.12. The number of carbonyl (C=O) groups is 1. The third-order valence-electron chi connectivity index (χ3n) is 2.62. The Labute approximate surface area is 107 Å². The van der Waals surface area contributed by atoms with E-state index in [9.17, 15) is 18.0 Å². The van der Waals surface area contributed by atoms with Gasteiger partial charge >= 0.3 is 0 Å². The Balaban J connectivity index is 2.28. The molecule has 1 N–H and O–H groups in total. The molecule has 0 aliphatic heterocycles. The van der Waals surface area contributed by atoms with E-state index in [-0.39, 0.29) is 11.3 Å². The highest BCUT2D eigenvalue weighted by atomic mass is 19.1. The monoisotopic (exact) mass is 265 g/mol. The highest BCUT2D eigenvalue weighted by Crippen LogP contribution is 2.18. The van der Waals surface area contributed by atoms with Crippen LogP contribution in [-0.4, -0.2) is 5.91 Å². The maximum Gasteiger partial charge on any atom is 0.258 e. The maximum absolute atomic E-state index is 13.7. The number of aryl methyl sites for hydroxylation is 1. The molecule has 0 saturated heterocycles. The molecule has 0 aromatic heterocycles. The molecule has 1 amide bonds. The van der Waals surface area contributed by atoms with E-state index in [2.05, 4.69) is 5.32 Å². The van der Waals surface area contributed by atoms with Gasteiger partial charge in [-0.25, -0.2) is 13.2 Å². The van der Waals surface area contributed by atoms with Gasteiger partial charge in [-0.1, -0.05) is 12.1 Å². The van der Waals surface area contributed by atoms with Crippen molar-refractivity contribution in [2.24, 2.45) is 0 Å². The number of nitrogens with one attached hydrogen (secondary N) is 1. The van der Waals surface area contributed by atoms with E-state index >= 15 is 0 Å². The van der Waals surface area contributed by atoms with Crippen molar-refractivity contribution in [2.45, 2.75) is 6.92 Å². The lowest BCUT2D eigenvalue weighted by atomic mass is 10.1. The number of hydrogen-bond donors (Lipinski definition) is 1. The van der Waals surface area contributed by atoms with Crippen LogP contribution < -0.4 is 5.32 Å². The van der Waals surface area contributed by atoms with Crippen molar-refractivity contribution in [1.29, 1.82) is 0 Å². The summed E-state index contributed by atoms with van der Waals surface area (Å²) in [6.07, 6.45) is 0. The zero-order valence-electron chi connectivity index (χ0n) is 10.0. The highest BCUT2D eigenvalue weighted by Gasteiger charge is 2.15. The van der Waals surface area contributed by atoms with E-state index in [0.717, 1.165) is 12.1 Å². The Kier molecular flexibility index (Phi) is 3.55. The first-order chi connectivity index (χ1) is 8.99. The van der Waals surface area contributed by atoms with Crippen molar-refractivity contribution < 1.29 is 18.0 Å². The standard InChI is InChI=1S/C14H10F3NO/c1-8-3-2-4-10(13(8)17)14(19)18-12-6-5-9(15)7-11(12)16/h2-7H,1H3,(H,18,19). The van der Waals surface area contributed by atoms with Crippen LogP contribution in [0.3, 0.4) is 0 Å². The number of hydrogen-bond acceptors (Lipinski definition) is 1. The van der Waals surface area contributed by atoms with Crippen molar-refractivity contribution in [1.82, 2.24) is 0 Å². The summed E-state index contributed by atoms with van der Waals surface area (Å²) >= 11 is 0. The minimum absolute atomic E-state index is 0.191. The van der Waals surface area contributed by atoms with Gasteiger partial charge in [0, 0.05) is 6.07 Å². The van der Waals surface area contributed by atoms with Gasteiger partial charge in [-0.05, 0) is 30.7 Å². The number of carbonyl (C=O) groups excluding carboxylic acids is 1. The van der Waals surface area contributed by atoms with Gasteiger partial charge in [-0.15, -0.1) is 0 Å². The van der Waals surface area contributed by atoms with Gasteiger partial charge in [0.15, 0.2) is 0 Å². The first-order valence-electron chi connectivity index (χ1n) is 5.50. The Morgan fingerprint density at radius 1 is 1.11 bits per heavy atom. The minimum atomic E-state index is -0.915. The van der Waals surface area contributed by atoms with Crippen molar-refractivity contribution in [3.8, 4) is 0 Å². The van der Waals surface area contributed by atoms with E-state index in [0.29, 0.717) is 11.6 Å². The molecule has 0 aliphatic rings. The fraction of sp³-hybridized carbons (Fsp3) is 0.0714. The van der Waals surface area contributed by atoms with Gasteiger partial charge < -0.3 is 5.32 Å². The smallest absolute Gasteiger partial charge is 0.258 e. The maximum atomic E-state index is 13.7. The molecule has 19 heavy (non-hydrogen) atoms. The number of benzene rings is 2. The summed E-state index contributed by atoms with van der Waals surface area (Å²) in [6.45, 7) is 1.52. The second-order valence-electron chi connectivity index (χ2n) is 4.01. The Morgan fingerprint density at radius 3 is 2.53 bits per heavy atom. The predicted octanol–water partition coefficient (Wildman–Crippen LogP) is 3.66. The Hall–Kier alpha value is -2.30. The molecule has 5 heteroatoms. The summed E-state index contributed by atoms with van der Waals surface area (Å²) in [6, 6.07) is 7.06. The fourth-order valence-corrected chi connectivity index (χ4v) is 1.60. The third kappa shape index (κ3) is 2.76. The average Bonchev–Trinajstić information content (AvgIpc) is 2.36. The van der Waals surface area contributed by atoms with Crippen molar-refractivity contribution in [2.75, 3.05) is 5.32 Å². The molecule has 98 valence electrons. The van der Waals surface area contributed by atoms with Crippen molar-refractivity contribution in [3.05, 3.63) is 65.0 Å². The zero-order chi connectivity index (χ0) is 14.0. The van der Waals surface area contributed by atoms with E-state index in [1.165, 1.54) is 25.1 Å². The van der Waals surface area contributed by atoms with Crippen molar-refractivity contribution in [3.63, 3.8) is 0 Å². The number of halogens is 3. The van der Waals surface area contributed by atoms with Crippen LogP contribution in [0, 0.1) is 24.4 Å². The minimum Gasteiger partial charge on any atom is -0.319 e. The molecule has 2 aromatic carbocycles. The number of anilines is 1. The van der Waals surface area contributed by atoms with Crippen LogP contribution in [0.1, 0.15) is 15.9 Å². The van der Waals surface area contributed by atoms with E-state index in [4.69, 9.17) is 0 Å². The van der Waals surface area contributed by atoms with Gasteiger partial charge in [0.1, 0.15) is 17.5 Å². The van der Waals surface area contributed by atoms with Crippen LogP contribution in [0.15, 0.2) is 36.4 Å². The lowest BCUT2D eigenvalue weighted by Crippen LogP contribution is -2.15. The van der Waals surface area contributed by atoms with Crippen LogP contribution >= 0.6 is 0 Å². The third-order valence-corrected chi connectivity index (χ3v) is 2.62. The molecule has 2 aromatic rings. The molecule has 2 nitrogen and oxygen atoms in total. The van der Waals surface area contributed by atoms with Crippen LogP contribution in [0.25, 0.3) is 0 Å². The summed E-state index contributed by atoms with van der Waals surface area (Å²) in [4.78, 5) is 11.8. The van der Waals surface area contributed by atoms with E-state index < -0.39 is 23.4 Å². The largest absolute Gasteiger partial charge is 0.319 e. The predicted molar refractivity (Wildman–Crippen MR) is 65.4 cm³/mol. The van der Waals surface area contributed by atoms with Gasteiger partial charge in [-0.3, -0.25) is 4.79 Å². The molecule has 0 heterocycles. The normalized spacial score (nSPS) is 10.3. The second kappa shape index (κ2) is 5.14. The summed E-state index contributed by atoms with van der Waals surface area (Å²) in [5, 5.41) is 2.20. The van der Waals surface area contributed by atoms with Crippen LogP contribution in [0.4, 0.5) is 18.9 Å². The van der Waals surface area contributed by atoms with Crippen LogP contribution in [-0.2, 0) is 0 Å². The summed E-state index contributed by atoms with van der Waals surface area (Å²) in [7, 11) is 0. The van der Waals surface area contributed by atoms with Gasteiger partial charge in [-0.2, -0.15) is 0 Å². The molecular formula is C14H10F3NO. The highest BCUT2D eigenvalue weighted by molar-refractivity contribution is 6.04. The van der Waals surface area contributed by atoms with Gasteiger partial charge in [0.2, 0.25) is 0 Å². The molecule has 2 rings (SSSR count). The van der Waals surface area contributed by atoms with E-state index in [1.807, 2.05) is 0 Å². The van der Waals surface area contributed by atoms with Crippen molar-refractivity contribution >= 4 is 11.6 Å². The quantitative estimate of drug-likeness (QED) is 0.882. The van der Waals surface area contributed by atoms with Crippen LogP contribution in [0.5, 0.6) is 0 Å². The molecule has 0 bridgehead atoms. The molecule has 0 radical (unpaired) electrons. The SMILES string of the molecule is Cc1cccc(C(=O)Nc2ccc(F)cc2F)c1F. The molecule has 0 fully saturated rings. The second-order valence-corrected chi connectivity index (χ2v) is 4.01. The average molecular weight is 265 g/mol. The molecular weight excluding hydrogens is 255 g/mol. The lowest BCUT2D eigenvalue weighted by Gasteiger charge is -2.08. The number of amides is 1. The Bertz CT molecular complexity index is 641. The zero-order valence-corrected chi connectivity index (χ0v) is 10.0. The fourth-order valence-electron chi connectivity index (χ4n) is 1.60. The summed E-state index contributed by atoms with van der Waals surface area (Å²) < 4.78 is 39.8. The molecule has 0 atom stereocenters. The van der Waals surface area contributed by atoms with Crippen LogP contribution in [0.2, 0.25) is 0 Å². The topological polar surface area (TPSA) is 29.1 Å². The molecule has 0 aliphatic carbocycles. The lowest BCUT2D eigenvalue weighted by molar-refractivity contribution is 0.102. The molecule has 0 spiro atoms.